The van der Waals surface area contributed by atoms with Crippen molar-refractivity contribution in [2.75, 3.05) is 6.54 Å². The SMILES string of the molecule is O=C(CCc1nc(-c2cccs2)no1)N1CCCC1C1CCCC1. The molecule has 128 valence electrons. The molecule has 5 nitrogen and oxygen atoms in total. The lowest BCUT2D eigenvalue weighted by Crippen LogP contribution is -2.39. The Balaban J connectivity index is 1.34. The largest absolute Gasteiger partial charge is 0.339 e. The van der Waals surface area contributed by atoms with E-state index >= 15 is 0 Å². The Bertz CT molecular complexity index is 676. The monoisotopic (exact) mass is 345 g/mol. The fraction of sp³-hybridized carbons (Fsp3) is 0.611. The number of carbonyl (C=O) groups is 1. The fourth-order valence-electron chi connectivity index (χ4n) is 4.15. The van der Waals surface area contributed by atoms with Crippen molar-refractivity contribution in [1.82, 2.24) is 15.0 Å². The molecule has 0 bridgehead atoms. The van der Waals surface area contributed by atoms with Gasteiger partial charge in [-0.05, 0) is 43.0 Å². The van der Waals surface area contributed by atoms with Gasteiger partial charge in [0.1, 0.15) is 0 Å². The van der Waals surface area contributed by atoms with Crippen molar-refractivity contribution in [2.24, 2.45) is 5.92 Å². The molecule has 6 heteroatoms. The molecule has 0 aromatic carbocycles. The molecule has 3 heterocycles. The van der Waals surface area contributed by atoms with Crippen LogP contribution in [0.25, 0.3) is 10.7 Å². The van der Waals surface area contributed by atoms with E-state index in [4.69, 9.17) is 4.52 Å². The van der Waals surface area contributed by atoms with Crippen molar-refractivity contribution in [2.45, 2.75) is 57.4 Å². The zero-order chi connectivity index (χ0) is 16.4. The number of carbonyl (C=O) groups excluding carboxylic acids is 1. The molecular formula is C18H23N3O2S. The van der Waals surface area contributed by atoms with Crippen molar-refractivity contribution in [3.05, 3.63) is 23.4 Å². The van der Waals surface area contributed by atoms with E-state index in [1.807, 2.05) is 17.5 Å². The van der Waals surface area contributed by atoms with Crippen molar-refractivity contribution in [1.29, 1.82) is 0 Å². The Hall–Kier alpha value is -1.69. The van der Waals surface area contributed by atoms with Crippen molar-refractivity contribution in [3.8, 4) is 10.7 Å². The molecule has 1 aliphatic carbocycles. The smallest absolute Gasteiger partial charge is 0.227 e. The molecule has 0 N–H and O–H groups in total. The highest BCUT2D eigenvalue weighted by molar-refractivity contribution is 7.13. The van der Waals surface area contributed by atoms with E-state index in [2.05, 4.69) is 15.0 Å². The summed E-state index contributed by atoms with van der Waals surface area (Å²) in [5.74, 6) is 2.16. The third kappa shape index (κ3) is 3.24. The second-order valence-electron chi connectivity index (χ2n) is 6.83. The van der Waals surface area contributed by atoms with E-state index < -0.39 is 0 Å². The molecule has 2 aromatic heterocycles. The van der Waals surface area contributed by atoms with Crippen molar-refractivity contribution in [3.63, 3.8) is 0 Å². The highest BCUT2D eigenvalue weighted by Crippen LogP contribution is 2.35. The topological polar surface area (TPSA) is 59.2 Å². The first-order valence-electron chi connectivity index (χ1n) is 8.97. The zero-order valence-corrected chi connectivity index (χ0v) is 14.6. The highest BCUT2D eigenvalue weighted by atomic mass is 32.1. The average Bonchev–Trinajstić information content (AvgIpc) is 3.40. The van der Waals surface area contributed by atoms with Crippen LogP contribution < -0.4 is 0 Å². The number of likely N-dealkylation sites (tertiary alicyclic amines) is 1. The summed E-state index contributed by atoms with van der Waals surface area (Å²) in [7, 11) is 0. The number of thiophene rings is 1. The molecule has 2 aliphatic rings. The second-order valence-corrected chi connectivity index (χ2v) is 7.78. The van der Waals surface area contributed by atoms with Gasteiger partial charge in [-0.2, -0.15) is 4.98 Å². The van der Waals surface area contributed by atoms with Gasteiger partial charge in [-0.15, -0.1) is 11.3 Å². The number of rotatable bonds is 5. The number of hydrogen-bond acceptors (Lipinski definition) is 5. The minimum Gasteiger partial charge on any atom is -0.339 e. The fourth-order valence-corrected chi connectivity index (χ4v) is 4.80. The van der Waals surface area contributed by atoms with Crippen LogP contribution >= 0.6 is 11.3 Å². The summed E-state index contributed by atoms with van der Waals surface area (Å²) in [6.45, 7) is 0.921. The molecule has 4 rings (SSSR count). The van der Waals surface area contributed by atoms with Crippen LogP contribution in [0.5, 0.6) is 0 Å². The molecule has 1 unspecified atom stereocenters. The number of hydrogen-bond donors (Lipinski definition) is 0. The molecule has 1 saturated heterocycles. The van der Waals surface area contributed by atoms with E-state index in [0.29, 0.717) is 30.6 Å². The van der Waals surface area contributed by atoms with Crippen molar-refractivity contribution < 1.29 is 9.32 Å². The first-order valence-corrected chi connectivity index (χ1v) is 9.85. The highest BCUT2D eigenvalue weighted by Gasteiger charge is 2.35. The maximum Gasteiger partial charge on any atom is 0.227 e. The lowest BCUT2D eigenvalue weighted by Gasteiger charge is -2.29. The van der Waals surface area contributed by atoms with Crippen LogP contribution in [0.15, 0.2) is 22.0 Å². The Morgan fingerprint density at radius 3 is 2.96 bits per heavy atom. The zero-order valence-electron chi connectivity index (χ0n) is 13.8. The van der Waals surface area contributed by atoms with Crippen LogP contribution in [-0.2, 0) is 11.2 Å². The molecule has 1 aliphatic heterocycles. The Labute approximate surface area is 146 Å². The van der Waals surface area contributed by atoms with Crippen LogP contribution in [0.4, 0.5) is 0 Å². The van der Waals surface area contributed by atoms with Crippen LogP contribution in [0.2, 0.25) is 0 Å². The third-order valence-corrected chi connectivity index (χ3v) is 6.19. The Kier molecular flexibility index (Phi) is 4.65. The van der Waals surface area contributed by atoms with Gasteiger partial charge in [-0.3, -0.25) is 4.79 Å². The van der Waals surface area contributed by atoms with E-state index in [0.717, 1.165) is 23.8 Å². The van der Waals surface area contributed by atoms with Crippen molar-refractivity contribution >= 4 is 17.2 Å². The van der Waals surface area contributed by atoms with Crippen LogP contribution in [0, 0.1) is 5.92 Å². The predicted octanol–water partition coefficient (Wildman–Crippen LogP) is 3.91. The van der Waals surface area contributed by atoms with Gasteiger partial charge in [0.05, 0.1) is 4.88 Å². The molecule has 2 fully saturated rings. The standard InChI is InChI=1S/C18H23N3O2S/c22-17(21-11-3-7-14(21)13-5-1-2-6-13)10-9-16-19-18(20-23-16)15-8-4-12-24-15/h4,8,12-14H,1-3,5-7,9-11H2. The van der Waals surface area contributed by atoms with Gasteiger partial charge in [-0.1, -0.05) is 24.1 Å². The van der Waals surface area contributed by atoms with Crippen LogP contribution in [0.1, 0.15) is 50.8 Å². The first kappa shape index (κ1) is 15.8. The van der Waals surface area contributed by atoms with Gasteiger partial charge in [0.25, 0.3) is 0 Å². The van der Waals surface area contributed by atoms with Gasteiger partial charge < -0.3 is 9.42 Å². The van der Waals surface area contributed by atoms with E-state index in [-0.39, 0.29) is 5.91 Å². The maximum atomic E-state index is 12.7. The Morgan fingerprint density at radius 2 is 2.17 bits per heavy atom. The number of nitrogens with zero attached hydrogens (tertiary/aromatic N) is 3. The van der Waals surface area contributed by atoms with E-state index in [1.165, 1.54) is 32.1 Å². The van der Waals surface area contributed by atoms with Crippen LogP contribution in [0.3, 0.4) is 0 Å². The minimum absolute atomic E-state index is 0.250. The van der Waals surface area contributed by atoms with E-state index in [9.17, 15) is 4.79 Å². The lowest BCUT2D eigenvalue weighted by atomic mass is 9.96. The number of aromatic nitrogens is 2. The maximum absolute atomic E-state index is 12.7. The summed E-state index contributed by atoms with van der Waals surface area (Å²) < 4.78 is 5.30. The second kappa shape index (κ2) is 7.05. The molecule has 0 radical (unpaired) electrons. The number of amides is 1. The normalized spacial score (nSPS) is 21.7. The summed E-state index contributed by atoms with van der Waals surface area (Å²) in [5.41, 5.74) is 0. The first-order chi connectivity index (χ1) is 11.8. The van der Waals surface area contributed by atoms with Crippen LogP contribution in [-0.4, -0.2) is 33.5 Å². The summed E-state index contributed by atoms with van der Waals surface area (Å²) in [6, 6.07) is 4.42. The molecule has 1 atom stereocenters. The van der Waals surface area contributed by atoms with Gasteiger partial charge in [-0.25, -0.2) is 0 Å². The van der Waals surface area contributed by atoms with Gasteiger partial charge in [0, 0.05) is 25.4 Å². The summed E-state index contributed by atoms with van der Waals surface area (Å²) in [5, 5.41) is 6.00. The minimum atomic E-state index is 0.250. The van der Waals surface area contributed by atoms with Gasteiger partial charge in [0.2, 0.25) is 17.6 Å². The average molecular weight is 345 g/mol. The molecular weight excluding hydrogens is 322 g/mol. The quantitative estimate of drug-likeness (QED) is 0.824. The van der Waals surface area contributed by atoms with Gasteiger partial charge in [0.15, 0.2) is 0 Å². The van der Waals surface area contributed by atoms with Gasteiger partial charge >= 0.3 is 0 Å². The summed E-state index contributed by atoms with van der Waals surface area (Å²) in [6.07, 6.45) is 8.58. The van der Waals surface area contributed by atoms with E-state index in [1.54, 1.807) is 11.3 Å². The number of aryl methyl sites for hydroxylation is 1. The molecule has 2 aromatic rings. The third-order valence-electron chi connectivity index (χ3n) is 5.33. The molecule has 0 spiro atoms. The predicted molar refractivity (Wildman–Crippen MR) is 92.6 cm³/mol. The lowest BCUT2D eigenvalue weighted by molar-refractivity contribution is -0.133. The summed E-state index contributed by atoms with van der Waals surface area (Å²) >= 11 is 1.59. The summed E-state index contributed by atoms with van der Waals surface area (Å²) in [4.78, 5) is 20.2. The Morgan fingerprint density at radius 1 is 1.29 bits per heavy atom. The molecule has 24 heavy (non-hydrogen) atoms. The molecule has 1 saturated carbocycles. The molecule has 1 amide bonds.